The highest BCUT2D eigenvalue weighted by Crippen LogP contribution is 2.31. The molecule has 2 heterocycles. The van der Waals surface area contributed by atoms with Crippen molar-refractivity contribution < 1.29 is 4.74 Å². The van der Waals surface area contributed by atoms with Gasteiger partial charge in [0.25, 0.3) is 0 Å². The zero-order chi connectivity index (χ0) is 10.1. The summed E-state index contributed by atoms with van der Waals surface area (Å²) in [7, 11) is 1.79. The number of hydrogen-bond acceptors (Lipinski definition) is 3. The van der Waals surface area contributed by atoms with Gasteiger partial charge >= 0.3 is 0 Å². The van der Waals surface area contributed by atoms with Crippen LogP contribution in [0.1, 0.15) is 20.3 Å². The largest absolute Gasteiger partial charge is 0.383 e. The van der Waals surface area contributed by atoms with Crippen LogP contribution in [0.5, 0.6) is 0 Å². The first kappa shape index (κ1) is 10.4. The minimum Gasteiger partial charge on any atom is -0.383 e. The lowest BCUT2D eigenvalue weighted by Crippen LogP contribution is -2.49. The van der Waals surface area contributed by atoms with Gasteiger partial charge in [-0.25, -0.2) is 0 Å². The van der Waals surface area contributed by atoms with Crippen molar-refractivity contribution in [2.45, 2.75) is 38.4 Å². The van der Waals surface area contributed by atoms with Crippen LogP contribution in [0.3, 0.4) is 0 Å². The smallest absolute Gasteiger partial charge is 0.0589 e. The molecule has 0 spiro atoms. The summed E-state index contributed by atoms with van der Waals surface area (Å²) in [5, 5.41) is 0. The van der Waals surface area contributed by atoms with Crippen molar-refractivity contribution in [2.75, 3.05) is 33.4 Å². The standard InChI is InChI=1S/C11H22N2O/c1-9(2)13-8-10-6-11(13)7-12(10)4-5-14-3/h9-11H,4-8H2,1-3H3. The van der Waals surface area contributed by atoms with E-state index in [1.807, 2.05) is 0 Å². The Balaban J connectivity index is 1.84. The lowest BCUT2D eigenvalue weighted by atomic mass is 10.2. The number of nitrogens with zero attached hydrogens (tertiary/aromatic N) is 2. The molecule has 0 saturated carbocycles. The van der Waals surface area contributed by atoms with Crippen LogP contribution in [0.4, 0.5) is 0 Å². The highest BCUT2D eigenvalue weighted by Gasteiger charge is 2.43. The molecule has 2 aliphatic rings. The Morgan fingerprint density at radius 2 is 2.07 bits per heavy atom. The number of hydrogen-bond donors (Lipinski definition) is 0. The number of piperazine rings is 1. The van der Waals surface area contributed by atoms with Gasteiger partial charge in [-0.1, -0.05) is 0 Å². The normalized spacial score (nSPS) is 33.4. The minimum atomic E-state index is 0.717. The van der Waals surface area contributed by atoms with E-state index in [9.17, 15) is 0 Å². The van der Waals surface area contributed by atoms with Crippen LogP contribution in [-0.2, 0) is 4.74 Å². The first-order valence-electron chi connectivity index (χ1n) is 5.71. The molecule has 2 rings (SSSR count). The number of likely N-dealkylation sites (tertiary alicyclic amines) is 2. The monoisotopic (exact) mass is 198 g/mol. The lowest BCUT2D eigenvalue weighted by molar-refractivity contribution is 0.0798. The Kier molecular flexibility index (Phi) is 3.10. The maximum absolute atomic E-state index is 5.13. The van der Waals surface area contributed by atoms with E-state index in [0.29, 0.717) is 0 Å². The number of rotatable bonds is 4. The molecule has 2 unspecified atom stereocenters. The zero-order valence-corrected chi connectivity index (χ0v) is 9.57. The van der Waals surface area contributed by atoms with Crippen molar-refractivity contribution in [3.63, 3.8) is 0 Å². The quantitative estimate of drug-likeness (QED) is 0.664. The van der Waals surface area contributed by atoms with Crippen molar-refractivity contribution in [1.82, 2.24) is 9.80 Å². The fourth-order valence-corrected chi connectivity index (χ4v) is 2.89. The van der Waals surface area contributed by atoms with Crippen LogP contribution in [0.15, 0.2) is 0 Å². The van der Waals surface area contributed by atoms with Gasteiger partial charge in [0.1, 0.15) is 0 Å². The second kappa shape index (κ2) is 4.17. The first-order valence-corrected chi connectivity index (χ1v) is 5.71. The molecule has 0 radical (unpaired) electrons. The molecule has 14 heavy (non-hydrogen) atoms. The molecule has 0 aliphatic carbocycles. The molecule has 82 valence electrons. The molecule has 2 fully saturated rings. The maximum atomic E-state index is 5.13. The van der Waals surface area contributed by atoms with Crippen molar-refractivity contribution in [3.05, 3.63) is 0 Å². The van der Waals surface area contributed by atoms with E-state index in [0.717, 1.165) is 31.3 Å². The van der Waals surface area contributed by atoms with Crippen molar-refractivity contribution in [1.29, 1.82) is 0 Å². The molecule has 0 aromatic carbocycles. The van der Waals surface area contributed by atoms with Crippen LogP contribution in [0.25, 0.3) is 0 Å². The molecule has 2 bridgehead atoms. The molecular weight excluding hydrogens is 176 g/mol. The van der Waals surface area contributed by atoms with Crippen molar-refractivity contribution >= 4 is 0 Å². The molecule has 0 aromatic rings. The third-order valence-corrected chi connectivity index (χ3v) is 3.64. The molecule has 2 atom stereocenters. The van der Waals surface area contributed by atoms with Crippen LogP contribution in [0, 0.1) is 0 Å². The second-order valence-electron chi connectivity index (χ2n) is 4.82. The van der Waals surface area contributed by atoms with E-state index in [1.54, 1.807) is 7.11 Å². The summed E-state index contributed by atoms with van der Waals surface area (Å²) in [5.74, 6) is 0. The van der Waals surface area contributed by atoms with Gasteiger partial charge < -0.3 is 4.74 Å². The molecule has 2 aliphatic heterocycles. The van der Waals surface area contributed by atoms with Gasteiger partial charge in [-0.15, -0.1) is 0 Å². The minimum absolute atomic E-state index is 0.717. The van der Waals surface area contributed by atoms with Gasteiger partial charge in [0.15, 0.2) is 0 Å². The van der Waals surface area contributed by atoms with Gasteiger partial charge in [0.2, 0.25) is 0 Å². The number of fused-ring (bicyclic) bond motifs is 2. The summed E-state index contributed by atoms with van der Waals surface area (Å²) in [5.41, 5.74) is 0. The summed E-state index contributed by atoms with van der Waals surface area (Å²) in [4.78, 5) is 5.24. The fraction of sp³-hybridized carbons (Fsp3) is 1.00. The summed E-state index contributed by atoms with van der Waals surface area (Å²) < 4.78 is 5.13. The highest BCUT2D eigenvalue weighted by atomic mass is 16.5. The van der Waals surface area contributed by atoms with Gasteiger partial charge in [-0.2, -0.15) is 0 Å². The molecular formula is C11H22N2O. The summed E-state index contributed by atoms with van der Waals surface area (Å²) >= 11 is 0. The first-order chi connectivity index (χ1) is 6.72. The van der Waals surface area contributed by atoms with Crippen molar-refractivity contribution in [2.24, 2.45) is 0 Å². The Bertz CT molecular complexity index is 196. The van der Waals surface area contributed by atoms with Crippen LogP contribution in [0.2, 0.25) is 0 Å². The Morgan fingerprint density at radius 1 is 1.29 bits per heavy atom. The van der Waals surface area contributed by atoms with E-state index in [-0.39, 0.29) is 0 Å². The molecule has 0 N–H and O–H groups in total. The summed E-state index contributed by atoms with van der Waals surface area (Å²) in [6, 6.07) is 2.34. The van der Waals surface area contributed by atoms with Crippen LogP contribution < -0.4 is 0 Å². The van der Waals surface area contributed by atoms with Crippen LogP contribution >= 0.6 is 0 Å². The SMILES string of the molecule is COCCN1CC2CC1CN2C(C)C. The predicted octanol–water partition coefficient (Wildman–Crippen LogP) is 0.800. The Morgan fingerprint density at radius 3 is 2.57 bits per heavy atom. The predicted molar refractivity (Wildman–Crippen MR) is 57.5 cm³/mol. The Labute approximate surface area is 87.0 Å². The topological polar surface area (TPSA) is 15.7 Å². The van der Waals surface area contributed by atoms with Gasteiger partial charge in [-0.3, -0.25) is 9.80 Å². The highest BCUT2D eigenvalue weighted by molar-refractivity contribution is 5.00. The second-order valence-corrected chi connectivity index (χ2v) is 4.82. The molecule has 0 aromatic heterocycles. The number of methoxy groups -OCH3 is 1. The van der Waals surface area contributed by atoms with E-state index in [4.69, 9.17) is 4.74 Å². The fourth-order valence-electron chi connectivity index (χ4n) is 2.89. The average molecular weight is 198 g/mol. The van der Waals surface area contributed by atoms with E-state index < -0.39 is 0 Å². The van der Waals surface area contributed by atoms with Gasteiger partial charge in [0, 0.05) is 44.9 Å². The number of ether oxygens (including phenoxy) is 1. The van der Waals surface area contributed by atoms with Gasteiger partial charge in [0.05, 0.1) is 6.61 Å². The molecule has 0 amide bonds. The maximum Gasteiger partial charge on any atom is 0.0589 e. The van der Waals surface area contributed by atoms with Crippen LogP contribution in [-0.4, -0.2) is 61.3 Å². The van der Waals surface area contributed by atoms with Gasteiger partial charge in [-0.05, 0) is 20.3 Å². The zero-order valence-electron chi connectivity index (χ0n) is 9.57. The van der Waals surface area contributed by atoms with E-state index in [2.05, 4.69) is 23.6 Å². The van der Waals surface area contributed by atoms with Crippen molar-refractivity contribution in [3.8, 4) is 0 Å². The summed E-state index contributed by atoms with van der Waals surface area (Å²) in [6.45, 7) is 9.13. The van der Waals surface area contributed by atoms with E-state index >= 15 is 0 Å². The Hall–Kier alpha value is -0.120. The third kappa shape index (κ3) is 1.81. The molecule has 3 nitrogen and oxygen atoms in total. The lowest BCUT2D eigenvalue weighted by Gasteiger charge is -2.36. The third-order valence-electron chi connectivity index (χ3n) is 3.64. The summed E-state index contributed by atoms with van der Waals surface area (Å²) in [6.07, 6.45) is 1.38. The average Bonchev–Trinajstić information content (AvgIpc) is 2.72. The van der Waals surface area contributed by atoms with E-state index in [1.165, 1.54) is 19.5 Å². The molecule has 3 heteroatoms. The molecule has 2 saturated heterocycles.